The van der Waals surface area contributed by atoms with Crippen molar-refractivity contribution in [3.63, 3.8) is 0 Å². The number of unbranched alkanes of at least 4 members (excludes halogenated alkanes) is 55. The number of phosphoric acid groups is 2. The minimum absolute atomic E-state index is 0.108. The zero-order valence-corrected chi connectivity index (χ0v) is 76.8. The Morgan fingerprint density at radius 3 is 0.628 bits per heavy atom. The summed E-state index contributed by atoms with van der Waals surface area (Å²) in [4.78, 5) is 73.5. The number of aliphatic hydroxyl groups is 1. The van der Waals surface area contributed by atoms with Gasteiger partial charge in [0.05, 0.1) is 26.4 Å². The molecule has 3 N–H and O–H groups in total. The average Bonchev–Trinajstić information content (AvgIpc) is 0.895. The minimum Gasteiger partial charge on any atom is -0.462 e. The lowest BCUT2D eigenvalue weighted by Gasteiger charge is -2.21. The van der Waals surface area contributed by atoms with E-state index in [1.54, 1.807) is 0 Å². The zero-order chi connectivity index (χ0) is 83.0. The molecule has 0 saturated carbocycles. The first-order valence-electron chi connectivity index (χ1n) is 48.3. The number of ether oxygens (including phenoxy) is 4. The predicted octanol–water partition coefficient (Wildman–Crippen LogP) is 29.1. The molecular weight excluding hydrogens is 1460 g/mol. The molecule has 0 heterocycles. The van der Waals surface area contributed by atoms with Gasteiger partial charge >= 0.3 is 39.5 Å². The lowest BCUT2D eigenvalue weighted by Crippen LogP contribution is -2.30. The Balaban J connectivity index is 5.20. The number of hydrogen-bond donors (Lipinski definition) is 3. The van der Waals surface area contributed by atoms with Crippen molar-refractivity contribution in [1.29, 1.82) is 0 Å². The molecule has 0 aliphatic heterocycles. The summed E-state index contributed by atoms with van der Waals surface area (Å²) in [6, 6.07) is 0. The van der Waals surface area contributed by atoms with E-state index >= 15 is 0 Å². The highest BCUT2D eigenvalue weighted by Crippen LogP contribution is 2.45. The molecule has 0 fully saturated rings. The second-order valence-electron chi connectivity index (χ2n) is 35.2. The van der Waals surface area contributed by atoms with Crippen molar-refractivity contribution in [3.05, 3.63) is 0 Å². The largest absolute Gasteiger partial charge is 0.472 e. The molecule has 7 atom stereocenters. The maximum Gasteiger partial charge on any atom is 0.472 e. The second-order valence-corrected chi connectivity index (χ2v) is 38.1. The fourth-order valence-corrected chi connectivity index (χ4v) is 16.2. The molecule has 0 aromatic heterocycles. The van der Waals surface area contributed by atoms with E-state index in [-0.39, 0.29) is 25.7 Å². The fourth-order valence-electron chi connectivity index (χ4n) is 14.7. The molecule has 0 aliphatic carbocycles. The van der Waals surface area contributed by atoms with Crippen LogP contribution in [0.3, 0.4) is 0 Å². The monoisotopic (exact) mass is 1650 g/mol. The van der Waals surface area contributed by atoms with Gasteiger partial charge in [-0.1, -0.05) is 447 Å². The van der Waals surface area contributed by atoms with Crippen LogP contribution in [0.2, 0.25) is 0 Å². The van der Waals surface area contributed by atoms with E-state index in [4.69, 9.17) is 37.0 Å². The number of carbonyl (C=O) groups is 4. The smallest absolute Gasteiger partial charge is 0.462 e. The van der Waals surface area contributed by atoms with Crippen LogP contribution in [0.1, 0.15) is 498 Å². The lowest BCUT2D eigenvalue weighted by atomic mass is 9.99. The number of esters is 4. The van der Waals surface area contributed by atoms with Gasteiger partial charge < -0.3 is 33.8 Å². The highest BCUT2D eigenvalue weighted by molar-refractivity contribution is 7.47. The molecule has 0 rings (SSSR count). The summed E-state index contributed by atoms with van der Waals surface area (Å²) in [5.41, 5.74) is 0. The Labute approximate surface area is 696 Å². The van der Waals surface area contributed by atoms with Crippen molar-refractivity contribution in [3.8, 4) is 0 Å². The Bertz CT molecular complexity index is 2190. The standard InChI is InChI=1S/C94H184O17P2/c1-9-86(7)72-64-56-48-40-34-28-22-15-11-13-17-24-30-36-42-50-58-66-74-91(96)104-80-89(110-93(98)76-69-61-52-44-38-32-26-20-19-21-27-33-39-46-54-62-70-84(3)4)82-108-112(100,101)106-78-88(95)79-107-113(102,103)109-83-90(81-105-92(97)75-67-59-53-45-47-55-63-71-85(5)6)111-94(99)77-68-60-51-43-37-31-25-18-14-12-16-23-29-35-41-49-57-65-73-87(8)10-2/h84-90,95H,9-83H2,1-8H3,(H,100,101)(H,102,103)/t86?,87?,88?,89-,90-/m1/s1. The molecule has 0 aromatic rings. The molecule has 0 bridgehead atoms. The topological polar surface area (TPSA) is 237 Å². The number of hydrogen-bond acceptors (Lipinski definition) is 15. The van der Waals surface area contributed by atoms with Crippen LogP contribution in [0.25, 0.3) is 0 Å². The SMILES string of the molecule is CCC(C)CCCCCCCCCCCCCCCCCCCCC(=O)OC[C@H](COP(=O)(O)OCC(O)COP(=O)(O)OC[C@@H](COC(=O)CCCCCCCCCC(C)C)OC(=O)CCCCCCCCCCCCCCCCCCCCC(C)CC)OC(=O)CCCCCCCCCCCCCCCCCCC(C)C. The van der Waals surface area contributed by atoms with Gasteiger partial charge in [-0.2, -0.15) is 0 Å². The summed E-state index contributed by atoms with van der Waals surface area (Å²) in [5, 5.41) is 10.7. The van der Waals surface area contributed by atoms with Crippen molar-refractivity contribution in [2.75, 3.05) is 39.6 Å². The van der Waals surface area contributed by atoms with E-state index in [2.05, 4.69) is 55.4 Å². The number of carbonyl (C=O) groups excluding carboxylic acids is 4. The first-order valence-corrected chi connectivity index (χ1v) is 51.3. The molecule has 0 saturated heterocycles. The van der Waals surface area contributed by atoms with E-state index in [9.17, 15) is 43.2 Å². The average molecular weight is 1650 g/mol. The van der Waals surface area contributed by atoms with Gasteiger partial charge in [0.1, 0.15) is 19.3 Å². The summed E-state index contributed by atoms with van der Waals surface area (Å²) >= 11 is 0. The zero-order valence-electron chi connectivity index (χ0n) is 75.0. The highest BCUT2D eigenvalue weighted by atomic mass is 31.2. The quantitative estimate of drug-likeness (QED) is 0.0222. The Morgan fingerprint density at radius 1 is 0.248 bits per heavy atom. The van der Waals surface area contributed by atoms with E-state index in [0.717, 1.165) is 114 Å². The fraction of sp³-hybridized carbons (Fsp3) is 0.957. The normalized spacial score (nSPS) is 14.3. The number of phosphoric ester groups is 2. The predicted molar refractivity (Wildman–Crippen MR) is 469 cm³/mol. The number of aliphatic hydroxyl groups excluding tert-OH is 1. The maximum atomic E-state index is 13.2. The van der Waals surface area contributed by atoms with E-state index in [1.807, 2.05) is 0 Å². The van der Waals surface area contributed by atoms with Crippen molar-refractivity contribution < 1.29 is 80.2 Å². The molecular formula is C94H184O17P2. The van der Waals surface area contributed by atoms with E-state index in [1.165, 1.54) is 295 Å². The Morgan fingerprint density at radius 2 is 0.425 bits per heavy atom. The van der Waals surface area contributed by atoms with Gasteiger partial charge in [-0.25, -0.2) is 9.13 Å². The molecule has 17 nitrogen and oxygen atoms in total. The van der Waals surface area contributed by atoms with Crippen molar-refractivity contribution in [1.82, 2.24) is 0 Å². The summed E-state index contributed by atoms with van der Waals surface area (Å²) < 4.78 is 69.1. The summed E-state index contributed by atoms with van der Waals surface area (Å²) in [7, 11) is -9.94. The van der Waals surface area contributed by atoms with E-state index in [0.29, 0.717) is 31.6 Å². The Hall–Kier alpha value is -1.94. The van der Waals surface area contributed by atoms with Gasteiger partial charge in [-0.15, -0.1) is 0 Å². The second kappa shape index (κ2) is 82.4. The molecule has 0 aliphatic rings. The first kappa shape index (κ1) is 111. The van der Waals surface area contributed by atoms with Crippen LogP contribution in [0, 0.1) is 23.7 Å². The third kappa shape index (κ3) is 84.9. The van der Waals surface area contributed by atoms with Crippen molar-refractivity contribution in [2.45, 2.75) is 517 Å². The van der Waals surface area contributed by atoms with Crippen LogP contribution in [0.5, 0.6) is 0 Å². The van der Waals surface area contributed by atoms with Crippen LogP contribution in [0.4, 0.5) is 0 Å². The molecule has 5 unspecified atom stereocenters. The molecule has 0 radical (unpaired) electrons. The van der Waals surface area contributed by atoms with E-state index < -0.39 is 97.5 Å². The minimum atomic E-state index is -4.97. The van der Waals surface area contributed by atoms with Gasteiger partial charge in [0.2, 0.25) is 0 Å². The van der Waals surface area contributed by atoms with Crippen LogP contribution in [-0.2, 0) is 65.4 Å². The van der Waals surface area contributed by atoms with Gasteiger partial charge in [-0.05, 0) is 49.4 Å². The van der Waals surface area contributed by atoms with Crippen LogP contribution in [-0.4, -0.2) is 96.7 Å². The van der Waals surface area contributed by atoms with Crippen LogP contribution >= 0.6 is 15.6 Å². The van der Waals surface area contributed by atoms with Crippen LogP contribution < -0.4 is 0 Å². The van der Waals surface area contributed by atoms with Crippen molar-refractivity contribution >= 4 is 39.5 Å². The lowest BCUT2D eigenvalue weighted by molar-refractivity contribution is -0.161. The first-order chi connectivity index (χ1) is 54.7. The van der Waals surface area contributed by atoms with Gasteiger partial charge in [0.15, 0.2) is 12.2 Å². The highest BCUT2D eigenvalue weighted by Gasteiger charge is 2.31. The van der Waals surface area contributed by atoms with Crippen LogP contribution in [0.15, 0.2) is 0 Å². The third-order valence-electron chi connectivity index (χ3n) is 22.8. The Kier molecular flexibility index (Phi) is 81.0. The summed E-state index contributed by atoms with van der Waals surface area (Å²) in [6.07, 6.45) is 75.2. The maximum absolute atomic E-state index is 13.2. The molecule has 19 heteroatoms. The van der Waals surface area contributed by atoms with Gasteiger partial charge in [-0.3, -0.25) is 37.3 Å². The summed E-state index contributed by atoms with van der Waals surface area (Å²) in [6.45, 7) is 14.4. The molecule has 672 valence electrons. The third-order valence-corrected chi connectivity index (χ3v) is 24.7. The molecule has 113 heavy (non-hydrogen) atoms. The molecule has 0 aromatic carbocycles. The molecule has 0 spiro atoms. The van der Waals surface area contributed by atoms with Crippen molar-refractivity contribution in [2.24, 2.45) is 23.7 Å². The molecule has 0 amide bonds. The van der Waals surface area contributed by atoms with Gasteiger partial charge in [0, 0.05) is 25.7 Å². The summed E-state index contributed by atoms with van der Waals surface area (Å²) in [5.74, 6) is 1.16. The number of rotatable bonds is 91. The van der Waals surface area contributed by atoms with Gasteiger partial charge in [0.25, 0.3) is 0 Å².